The van der Waals surface area contributed by atoms with Crippen molar-refractivity contribution in [2.24, 2.45) is 0 Å². The molecule has 0 aliphatic rings. The Bertz CT molecular complexity index is 767. The maximum atomic E-state index is 11.6. The molecule has 2 heterocycles. The molecule has 0 atom stereocenters. The van der Waals surface area contributed by atoms with Gasteiger partial charge < -0.3 is 14.7 Å². The van der Waals surface area contributed by atoms with Crippen molar-refractivity contribution in [3.05, 3.63) is 46.4 Å². The molecule has 1 aromatic carbocycles. The normalized spacial score (nSPS) is 10.9. The molecule has 0 radical (unpaired) electrons. The quantitative estimate of drug-likeness (QED) is 0.662. The van der Waals surface area contributed by atoms with Gasteiger partial charge >= 0.3 is 5.63 Å². The number of nitrogen functional groups attached to an aromatic ring is 1. The van der Waals surface area contributed by atoms with E-state index in [1.807, 2.05) is 12.1 Å². The van der Waals surface area contributed by atoms with Crippen LogP contribution < -0.4 is 11.4 Å². The van der Waals surface area contributed by atoms with Crippen molar-refractivity contribution in [3.63, 3.8) is 0 Å². The van der Waals surface area contributed by atoms with E-state index in [0.717, 1.165) is 5.39 Å². The van der Waals surface area contributed by atoms with Crippen molar-refractivity contribution in [2.75, 3.05) is 5.73 Å². The SMILES string of the molecule is Cc1noc(N)c1-c1cc(=O)oc2ccccc12. The van der Waals surface area contributed by atoms with Gasteiger partial charge in [0.15, 0.2) is 0 Å². The van der Waals surface area contributed by atoms with E-state index in [4.69, 9.17) is 14.7 Å². The lowest BCUT2D eigenvalue weighted by atomic mass is 10.0. The van der Waals surface area contributed by atoms with Gasteiger partial charge in [0.1, 0.15) is 5.58 Å². The minimum Gasteiger partial charge on any atom is -0.423 e. The summed E-state index contributed by atoms with van der Waals surface area (Å²) in [6, 6.07) is 8.67. The number of aryl methyl sites for hydroxylation is 1. The van der Waals surface area contributed by atoms with Crippen LogP contribution in [0.2, 0.25) is 0 Å². The zero-order chi connectivity index (χ0) is 12.7. The second-order valence-corrected chi connectivity index (χ2v) is 3.98. The predicted molar refractivity (Wildman–Crippen MR) is 67.1 cm³/mol. The van der Waals surface area contributed by atoms with Crippen LogP contribution in [0.25, 0.3) is 22.1 Å². The molecule has 5 nitrogen and oxygen atoms in total. The number of nitrogens with zero attached hydrogens (tertiary/aromatic N) is 1. The topological polar surface area (TPSA) is 82.3 Å². The molecule has 3 rings (SSSR count). The van der Waals surface area contributed by atoms with Crippen LogP contribution in [0.3, 0.4) is 0 Å². The monoisotopic (exact) mass is 242 g/mol. The van der Waals surface area contributed by atoms with Crippen LogP contribution in [-0.2, 0) is 0 Å². The Hall–Kier alpha value is -2.56. The van der Waals surface area contributed by atoms with E-state index in [0.29, 0.717) is 22.4 Å². The molecule has 5 heteroatoms. The van der Waals surface area contributed by atoms with Crippen molar-refractivity contribution < 1.29 is 8.94 Å². The van der Waals surface area contributed by atoms with Crippen LogP contribution in [0.15, 0.2) is 44.1 Å². The van der Waals surface area contributed by atoms with E-state index in [1.165, 1.54) is 6.07 Å². The molecular formula is C13H10N2O3. The maximum Gasteiger partial charge on any atom is 0.336 e. The second kappa shape index (κ2) is 3.73. The molecule has 90 valence electrons. The highest BCUT2D eigenvalue weighted by atomic mass is 16.5. The number of para-hydroxylation sites is 1. The Balaban J connectivity index is 2.46. The largest absolute Gasteiger partial charge is 0.423 e. The van der Waals surface area contributed by atoms with Crippen molar-refractivity contribution in [2.45, 2.75) is 6.92 Å². The van der Waals surface area contributed by atoms with Gasteiger partial charge in [-0.05, 0) is 13.0 Å². The van der Waals surface area contributed by atoms with Gasteiger partial charge in [-0.15, -0.1) is 0 Å². The zero-order valence-electron chi connectivity index (χ0n) is 9.64. The van der Waals surface area contributed by atoms with Crippen molar-refractivity contribution >= 4 is 16.9 Å². The van der Waals surface area contributed by atoms with E-state index < -0.39 is 5.63 Å². The van der Waals surface area contributed by atoms with Crippen LogP contribution in [0.4, 0.5) is 5.88 Å². The highest BCUT2D eigenvalue weighted by molar-refractivity contribution is 5.96. The van der Waals surface area contributed by atoms with Crippen LogP contribution in [-0.4, -0.2) is 5.16 Å². The van der Waals surface area contributed by atoms with E-state index in [1.54, 1.807) is 19.1 Å². The molecule has 0 amide bonds. The molecular weight excluding hydrogens is 232 g/mol. The third-order valence-corrected chi connectivity index (χ3v) is 2.81. The molecule has 18 heavy (non-hydrogen) atoms. The number of hydrogen-bond acceptors (Lipinski definition) is 5. The summed E-state index contributed by atoms with van der Waals surface area (Å²) in [7, 11) is 0. The minimum atomic E-state index is -0.427. The molecule has 0 saturated carbocycles. The molecule has 0 spiro atoms. The zero-order valence-corrected chi connectivity index (χ0v) is 9.64. The summed E-state index contributed by atoms with van der Waals surface area (Å²) >= 11 is 0. The first-order chi connectivity index (χ1) is 8.66. The number of fused-ring (bicyclic) bond motifs is 1. The summed E-state index contributed by atoms with van der Waals surface area (Å²) in [5.41, 5.74) is 7.80. The first kappa shape index (κ1) is 10.6. The van der Waals surface area contributed by atoms with E-state index in [9.17, 15) is 4.79 Å². The summed E-state index contributed by atoms with van der Waals surface area (Å²) in [5.74, 6) is 0.197. The van der Waals surface area contributed by atoms with Gasteiger partial charge in [0.25, 0.3) is 0 Å². The average molecular weight is 242 g/mol. The van der Waals surface area contributed by atoms with Gasteiger partial charge in [0, 0.05) is 17.0 Å². The third-order valence-electron chi connectivity index (χ3n) is 2.81. The molecule has 0 fully saturated rings. The summed E-state index contributed by atoms with van der Waals surface area (Å²) in [6.45, 7) is 1.78. The van der Waals surface area contributed by atoms with Gasteiger partial charge in [0.05, 0.1) is 11.3 Å². The number of rotatable bonds is 1. The standard InChI is InChI=1S/C13H10N2O3/c1-7-12(13(14)18-15-7)9-6-11(16)17-10-5-3-2-4-8(9)10/h2-6H,14H2,1H3. The average Bonchev–Trinajstić information content (AvgIpc) is 2.68. The van der Waals surface area contributed by atoms with Crippen LogP contribution >= 0.6 is 0 Å². The highest BCUT2D eigenvalue weighted by Crippen LogP contribution is 2.33. The summed E-state index contributed by atoms with van der Waals surface area (Å²) in [4.78, 5) is 11.6. The molecule has 2 N–H and O–H groups in total. The first-order valence-corrected chi connectivity index (χ1v) is 5.42. The van der Waals surface area contributed by atoms with Crippen LogP contribution in [0, 0.1) is 6.92 Å². The lowest BCUT2D eigenvalue weighted by molar-refractivity contribution is 0.431. The fraction of sp³-hybridized carbons (Fsp3) is 0.0769. The van der Waals surface area contributed by atoms with Gasteiger partial charge in [-0.25, -0.2) is 4.79 Å². The lowest BCUT2D eigenvalue weighted by Crippen LogP contribution is -1.99. The Morgan fingerprint density at radius 3 is 2.78 bits per heavy atom. The van der Waals surface area contributed by atoms with Crippen LogP contribution in [0.1, 0.15) is 5.69 Å². The van der Waals surface area contributed by atoms with Crippen molar-refractivity contribution in [1.29, 1.82) is 0 Å². The highest BCUT2D eigenvalue weighted by Gasteiger charge is 2.16. The Kier molecular flexibility index (Phi) is 2.19. The number of aromatic nitrogens is 1. The molecule has 0 saturated heterocycles. The second-order valence-electron chi connectivity index (χ2n) is 3.98. The maximum absolute atomic E-state index is 11.6. The third kappa shape index (κ3) is 1.48. The Labute approximate surface area is 102 Å². The van der Waals surface area contributed by atoms with E-state index in [-0.39, 0.29) is 5.88 Å². The summed E-state index contributed by atoms with van der Waals surface area (Å²) in [5, 5.41) is 4.60. The number of hydrogen-bond donors (Lipinski definition) is 1. The number of benzene rings is 1. The Morgan fingerprint density at radius 2 is 2.06 bits per heavy atom. The van der Waals surface area contributed by atoms with E-state index in [2.05, 4.69) is 5.16 Å². The fourth-order valence-corrected chi connectivity index (χ4v) is 2.03. The molecule has 3 aromatic rings. The minimum absolute atomic E-state index is 0.197. The van der Waals surface area contributed by atoms with Crippen LogP contribution in [0.5, 0.6) is 0 Å². The van der Waals surface area contributed by atoms with Crippen molar-refractivity contribution in [1.82, 2.24) is 5.16 Å². The van der Waals surface area contributed by atoms with Gasteiger partial charge in [-0.2, -0.15) is 0 Å². The Morgan fingerprint density at radius 1 is 1.28 bits per heavy atom. The van der Waals surface area contributed by atoms with Crippen molar-refractivity contribution in [3.8, 4) is 11.1 Å². The fourth-order valence-electron chi connectivity index (χ4n) is 2.03. The first-order valence-electron chi connectivity index (χ1n) is 5.42. The van der Waals surface area contributed by atoms with Gasteiger partial charge in [-0.1, -0.05) is 23.4 Å². The van der Waals surface area contributed by atoms with Gasteiger partial charge in [-0.3, -0.25) is 0 Å². The molecule has 0 aliphatic heterocycles. The number of anilines is 1. The molecule has 0 unspecified atom stereocenters. The van der Waals surface area contributed by atoms with E-state index >= 15 is 0 Å². The summed E-state index contributed by atoms with van der Waals surface area (Å²) < 4.78 is 10.1. The van der Waals surface area contributed by atoms with Gasteiger partial charge in [0.2, 0.25) is 5.88 Å². The lowest BCUT2D eigenvalue weighted by Gasteiger charge is -2.03. The molecule has 2 aromatic heterocycles. The summed E-state index contributed by atoms with van der Waals surface area (Å²) in [6.07, 6.45) is 0. The molecule has 0 aliphatic carbocycles. The number of nitrogens with two attached hydrogens (primary N) is 1. The smallest absolute Gasteiger partial charge is 0.336 e. The predicted octanol–water partition coefficient (Wildman–Crippen LogP) is 2.34. The molecule has 0 bridgehead atoms.